The van der Waals surface area contributed by atoms with E-state index in [-0.39, 0.29) is 29.6 Å². The van der Waals surface area contributed by atoms with Crippen molar-refractivity contribution in [2.45, 2.75) is 76.6 Å². The minimum Gasteiger partial charge on any atom is -0.481 e. The standard InChI is InChI=1S/C14H26O7S.Na/c1-4-7-8-9-14(5-2,6-3)21-13(17)11(10-12(15)16)22(18,19)20;/h11H,4-10H2,1-3H3,(H,15,16)(H,18,19,20);. The first kappa shape index (κ1) is 25.1. The molecule has 0 rings (SSSR count). The molecule has 23 heavy (non-hydrogen) atoms. The summed E-state index contributed by atoms with van der Waals surface area (Å²) in [6.45, 7) is 5.68. The summed E-state index contributed by atoms with van der Waals surface area (Å²) in [5.74, 6) is -2.70. The molecule has 0 aliphatic heterocycles. The zero-order valence-electron chi connectivity index (χ0n) is 14.4. The number of aliphatic carboxylic acids is 1. The summed E-state index contributed by atoms with van der Waals surface area (Å²) in [5, 5.41) is 6.61. The van der Waals surface area contributed by atoms with Gasteiger partial charge in [-0.1, -0.05) is 33.6 Å². The van der Waals surface area contributed by atoms with Crippen molar-refractivity contribution in [3.8, 4) is 0 Å². The van der Waals surface area contributed by atoms with Crippen LogP contribution in [0.5, 0.6) is 0 Å². The van der Waals surface area contributed by atoms with Crippen LogP contribution in [0.3, 0.4) is 0 Å². The molecule has 0 saturated carbocycles. The van der Waals surface area contributed by atoms with E-state index in [1.807, 2.05) is 20.8 Å². The zero-order chi connectivity index (χ0) is 17.4. The third kappa shape index (κ3) is 9.05. The van der Waals surface area contributed by atoms with E-state index in [1.165, 1.54) is 0 Å². The van der Waals surface area contributed by atoms with Crippen LogP contribution in [0.2, 0.25) is 0 Å². The SMILES string of the molecule is CCCCCC(CC)(CC)OC(=O)C(CC(=O)O)S(=O)(=O)O.[Na]. The molecule has 9 heteroatoms. The second-order valence-electron chi connectivity index (χ2n) is 5.37. The Balaban J connectivity index is 0. The van der Waals surface area contributed by atoms with E-state index >= 15 is 0 Å². The molecular weight excluding hydrogens is 335 g/mol. The Hall–Kier alpha value is -0.150. The topological polar surface area (TPSA) is 118 Å². The maximum Gasteiger partial charge on any atom is 0.328 e. The molecule has 0 aliphatic carbocycles. The largest absolute Gasteiger partial charge is 0.481 e. The smallest absolute Gasteiger partial charge is 0.328 e. The first-order valence-electron chi connectivity index (χ1n) is 7.52. The van der Waals surface area contributed by atoms with E-state index in [1.54, 1.807) is 0 Å². The molecular formula is C14H26NaO7S. The van der Waals surface area contributed by atoms with Crippen LogP contribution in [0.1, 0.15) is 65.7 Å². The van der Waals surface area contributed by atoms with Gasteiger partial charge in [0.1, 0.15) is 5.60 Å². The molecule has 0 aliphatic rings. The van der Waals surface area contributed by atoms with E-state index in [4.69, 9.17) is 14.4 Å². The van der Waals surface area contributed by atoms with Crippen LogP contribution in [0.4, 0.5) is 0 Å². The van der Waals surface area contributed by atoms with Gasteiger partial charge in [0.15, 0.2) is 5.25 Å². The van der Waals surface area contributed by atoms with Gasteiger partial charge in [-0.25, -0.2) is 0 Å². The predicted octanol–water partition coefficient (Wildman–Crippen LogP) is 2.02. The number of rotatable bonds is 11. The Kier molecular flexibility index (Phi) is 12.5. The molecule has 1 radical (unpaired) electrons. The van der Waals surface area contributed by atoms with Gasteiger partial charge in [-0.05, 0) is 25.7 Å². The van der Waals surface area contributed by atoms with Gasteiger partial charge in [-0.3, -0.25) is 14.1 Å². The van der Waals surface area contributed by atoms with E-state index in [2.05, 4.69) is 0 Å². The molecule has 0 heterocycles. The quantitative estimate of drug-likeness (QED) is 0.250. The zero-order valence-corrected chi connectivity index (χ0v) is 17.2. The van der Waals surface area contributed by atoms with Gasteiger partial charge in [-0.2, -0.15) is 8.42 Å². The van der Waals surface area contributed by atoms with Gasteiger partial charge >= 0.3 is 11.9 Å². The fraction of sp³-hybridized carbons (Fsp3) is 0.857. The van der Waals surface area contributed by atoms with Crippen LogP contribution in [-0.2, 0) is 24.4 Å². The molecule has 0 saturated heterocycles. The van der Waals surface area contributed by atoms with Crippen molar-refractivity contribution < 1.29 is 32.4 Å². The number of ether oxygens (including phenoxy) is 1. The average molecular weight is 361 g/mol. The van der Waals surface area contributed by atoms with Gasteiger partial charge in [0.2, 0.25) is 0 Å². The molecule has 0 amide bonds. The molecule has 1 atom stereocenters. The maximum atomic E-state index is 12.1. The van der Waals surface area contributed by atoms with Crippen LogP contribution in [-0.4, -0.2) is 70.4 Å². The van der Waals surface area contributed by atoms with Gasteiger partial charge in [-0.15, -0.1) is 0 Å². The summed E-state index contributed by atoms with van der Waals surface area (Å²) in [5.41, 5.74) is -0.826. The minimum atomic E-state index is -4.83. The Bertz CT molecular complexity index is 472. The summed E-state index contributed by atoms with van der Waals surface area (Å²) < 4.78 is 36.8. The molecule has 1 unspecified atom stereocenters. The molecule has 0 aromatic heterocycles. The Labute approximate surface area is 160 Å². The predicted molar refractivity (Wildman–Crippen MR) is 86.9 cm³/mol. The number of carbonyl (C=O) groups excluding carboxylic acids is 1. The van der Waals surface area contributed by atoms with E-state index in [0.29, 0.717) is 19.3 Å². The van der Waals surface area contributed by atoms with Crippen molar-refractivity contribution in [1.82, 2.24) is 0 Å². The van der Waals surface area contributed by atoms with Gasteiger partial charge in [0.25, 0.3) is 10.1 Å². The molecule has 0 bridgehead atoms. The third-order valence-corrected chi connectivity index (χ3v) is 4.90. The molecule has 0 aromatic carbocycles. The van der Waals surface area contributed by atoms with Gasteiger partial charge in [0.05, 0.1) is 6.42 Å². The number of carboxylic acid groups (broad SMARTS) is 1. The van der Waals surface area contributed by atoms with Crippen molar-refractivity contribution in [1.29, 1.82) is 0 Å². The monoisotopic (exact) mass is 361 g/mol. The normalized spacial score (nSPS) is 13.0. The average Bonchev–Trinajstić information content (AvgIpc) is 2.42. The summed E-state index contributed by atoms with van der Waals surface area (Å²) in [4.78, 5) is 22.8. The van der Waals surface area contributed by atoms with E-state index in [0.717, 1.165) is 19.3 Å². The number of unbranched alkanes of at least 4 members (excludes halogenated alkanes) is 2. The Morgan fingerprint density at radius 2 is 1.65 bits per heavy atom. The van der Waals surface area contributed by atoms with Crippen molar-refractivity contribution in [2.75, 3.05) is 0 Å². The van der Waals surface area contributed by atoms with Gasteiger partial charge < -0.3 is 9.84 Å². The van der Waals surface area contributed by atoms with Crippen molar-refractivity contribution in [3.63, 3.8) is 0 Å². The number of carbonyl (C=O) groups is 2. The fourth-order valence-electron chi connectivity index (χ4n) is 2.24. The van der Waals surface area contributed by atoms with Crippen molar-refractivity contribution >= 4 is 51.6 Å². The summed E-state index contributed by atoms with van der Waals surface area (Å²) in [6.07, 6.45) is 3.30. The van der Waals surface area contributed by atoms with Gasteiger partial charge in [0, 0.05) is 29.6 Å². The van der Waals surface area contributed by atoms with Crippen LogP contribution in [0.25, 0.3) is 0 Å². The Morgan fingerprint density at radius 1 is 1.13 bits per heavy atom. The first-order chi connectivity index (χ1) is 10.1. The molecule has 0 aromatic rings. The first-order valence-corrected chi connectivity index (χ1v) is 9.03. The second-order valence-corrected chi connectivity index (χ2v) is 6.97. The second kappa shape index (κ2) is 11.4. The molecule has 7 nitrogen and oxygen atoms in total. The third-order valence-electron chi connectivity index (χ3n) is 3.82. The number of esters is 1. The number of hydrogen-bond donors (Lipinski definition) is 2. The number of carboxylic acids is 1. The molecule has 0 fully saturated rings. The van der Waals surface area contributed by atoms with Crippen LogP contribution in [0.15, 0.2) is 0 Å². The molecule has 131 valence electrons. The van der Waals surface area contributed by atoms with E-state index < -0.39 is 39.3 Å². The van der Waals surface area contributed by atoms with Crippen LogP contribution in [0, 0.1) is 0 Å². The van der Waals surface area contributed by atoms with Crippen molar-refractivity contribution in [3.05, 3.63) is 0 Å². The molecule has 0 spiro atoms. The summed E-state index contributed by atoms with van der Waals surface area (Å²) in [6, 6.07) is 0. The maximum absolute atomic E-state index is 12.1. The molecule has 2 N–H and O–H groups in total. The minimum absolute atomic E-state index is 0. The van der Waals surface area contributed by atoms with Crippen LogP contribution < -0.4 is 0 Å². The summed E-state index contributed by atoms with van der Waals surface area (Å²) in [7, 11) is -4.83. The number of hydrogen-bond acceptors (Lipinski definition) is 5. The fourth-order valence-corrected chi connectivity index (χ4v) is 2.89. The van der Waals surface area contributed by atoms with E-state index in [9.17, 15) is 18.0 Å². The summed E-state index contributed by atoms with van der Waals surface area (Å²) >= 11 is 0. The Morgan fingerprint density at radius 3 is 2.00 bits per heavy atom. The van der Waals surface area contributed by atoms with Crippen LogP contribution >= 0.6 is 0 Å². The van der Waals surface area contributed by atoms with Crippen molar-refractivity contribution in [2.24, 2.45) is 0 Å².